The third-order valence-corrected chi connectivity index (χ3v) is 4.74. The molecule has 0 bridgehead atoms. The van der Waals surface area contributed by atoms with Crippen molar-refractivity contribution in [1.29, 1.82) is 0 Å². The summed E-state index contributed by atoms with van der Waals surface area (Å²) >= 11 is 0. The molecule has 0 radical (unpaired) electrons. The second-order valence-electron chi connectivity index (χ2n) is 8.34. The number of amides is 1. The Bertz CT molecular complexity index is 369. The average molecular weight is 328 g/mol. The summed E-state index contributed by atoms with van der Waals surface area (Å²) in [6, 6.07) is 0. The van der Waals surface area contributed by atoms with Gasteiger partial charge in [-0.3, -0.25) is 4.79 Å². The molecule has 0 saturated carbocycles. The molecular formula is C18H36N2O3. The van der Waals surface area contributed by atoms with E-state index >= 15 is 0 Å². The Morgan fingerprint density at radius 1 is 1.00 bits per heavy atom. The maximum Gasteiger partial charge on any atom is 0.223 e. The quantitative estimate of drug-likeness (QED) is 0.599. The van der Waals surface area contributed by atoms with E-state index in [1.165, 1.54) is 12.8 Å². The normalized spacial score (nSPS) is 28.2. The third kappa shape index (κ3) is 7.64. The SMILES string of the molecule is CC1(C)C[C@H](CCCO)C(=O)N1.CC1(C)C[C@H](CCCO)CN1. The first kappa shape index (κ1) is 20.4. The molecule has 2 heterocycles. The summed E-state index contributed by atoms with van der Waals surface area (Å²) in [5.74, 6) is 1.05. The standard InChI is InChI=1S/C9H17NO2.C9H19NO/c1-9(2)6-7(4-3-5-11)8(12)10-9;1-9(2)6-8(7-10-9)4-3-5-11/h7,11H,3-6H2,1-2H3,(H,10,12);8,10-11H,3-7H2,1-2H3/t7-;8-/m00/s1. The molecule has 2 fully saturated rings. The first-order valence-corrected chi connectivity index (χ1v) is 8.98. The van der Waals surface area contributed by atoms with Crippen molar-refractivity contribution in [1.82, 2.24) is 10.6 Å². The van der Waals surface area contributed by atoms with Gasteiger partial charge in [0.2, 0.25) is 5.91 Å². The molecule has 0 aromatic heterocycles. The lowest BCUT2D eigenvalue weighted by atomic mass is 9.93. The molecule has 0 aromatic rings. The van der Waals surface area contributed by atoms with Gasteiger partial charge in [0.05, 0.1) is 0 Å². The van der Waals surface area contributed by atoms with Gasteiger partial charge in [-0.05, 0) is 78.7 Å². The van der Waals surface area contributed by atoms with Crippen LogP contribution in [0.5, 0.6) is 0 Å². The van der Waals surface area contributed by atoms with E-state index in [1.54, 1.807) is 0 Å². The van der Waals surface area contributed by atoms with Gasteiger partial charge in [0.1, 0.15) is 0 Å². The molecule has 0 aromatic carbocycles. The van der Waals surface area contributed by atoms with Gasteiger partial charge >= 0.3 is 0 Å². The van der Waals surface area contributed by atoms with E-state index in [0.29, 0.717) is 12.1 Å². The van der Waals surface area contributed by atoms with Gasteiger partial charge in [-0.2, -0.15) is 0 Å². The van der Waals surface area contributed by atoms with E-state index in [1.807, 2.05) is 13.8 Å². The number of hydrogen-bond donors (Lipinski definition) is 4. The minimum atomic E-state index is -0.0444. The minimum Gasteiger partial charge on any atom is -0.396 e. The Balaban J connectivity index is 0.000000231. The predicted octanol–water partition coefficient (Wildman–Crippen LogP) is 1.82. The van der Waals surface area contributed by atoms with Crippen molar-refractivity contribution >= 4 is 5.91 Å². The Labute approximate surface area is 141 Å². The highest BCUT2D eigenvalue weighted by Crippen LogP contribution is 2.27. The molecular weight excluding hydrogens is 292 g/mol. The van der Waals surface area contributed by atoms with Gasteiger partial charge in [-0.15, -0.1) is 0 Å². The molecule has 4 N–H and O–H groups in total. The fourth-order valence-corrected chi connectivity index (χ4v) is 3.64. The van der Waals surface area contributed by atoms with Crippen LogP contribution in [0.15, 0.2) is 0 Å². The summed E-state index contributed by atoms with van der Waals surface area (Å²) in [6.07, 6.45) is 5.83. The topological polar surface area (TPSA) is 81.6 Å². The molecule has 2 aliphatic heterocycles. The van der Waals surface area contributed by atoms with E-state index in [2.05, 4.69) is 24.5 Å². The zero-order valence-corrected chi connectivity index (χ0v) is 15.3. The van der Waals surface area contributed by atoms with Crippen molar-refractivity contribution in [3.8, 4) is 0 Å². The summed E-state index contributed by atoms with van der Waals surface area (Å²) in [7, 11) is 0. The summed E-state index contributed by atoms with van der Waals surface area (Å²) < 4.78 is 0. The molecule has 2 atom stereocenters. The predicted molar refractivity (Wildman–Crippen MR) is 93.2 cm³/mol. The maximum atomic E-state index is 11.3. The van der Waals surface area contributed by atoms with Crippen LogP contribution in [0.3, 0.4) is 0 Å². The summed E-state index contributed by atoms with van der Waals surface area (Å²) in [5, 5.41) is 23.7. The molecule has 0 unspecified atom stereocenters. The van der Waals surface area contributed by atoms with Crippen LogP contribution < -0.4 is 10.6 Å². The van der Waals surface area contributed by atoms with Gasteiger partial charge in [0, 0.05) is 30.2 Å². The molecule has 5 heteroatoms. The van der Waals surface area contributed by atoms with E-state index in [4.69, 9.17) is 10.2 Å². The van der Waals surface area contributed by atoms with Gasteiger partial charge in [-0.25, -0.2) is 0 Å². The number of aliphatic hydroxyl groups excluding tert-OH is 2. The zero-order chi connectivity index (χ0) is 17.5. The molecule has 2 aliphatic rings. The van der Waals surface area contributed by atoms with Crippen molar-refractivity contribution in [3.63, 3.8) is 0 Å². The lowest BCUT2D eigenvalue weighted by molar-refractivity contribution is -0.123. The third-order valence-electron chi connectivity index (χ3n) is 4.74. The second kappa shape index (κ2) is 9.00. The number of hydrogen-bond acceptors (Lipinski definition) is 4. The molecule has 2 rings (SSSR count). The van der Waals surface area contributed by atoms with Crippen molar-refractivity contribution < 1.29 is 15.0 Å². The van der Waals surface area contributed by atoms with Gasteiger partial charge < -0.3 is 20.8 Å². The highest BCUT2D eigenvalue weighted by Gasteiger charge is 2.36. The molecule has 0 aliphatic carbocycles. The molecule has 0 spiro atoms. The highest BCUT2D eigenvalue weighted by atomic mass is 16.3. The van der Waals surface area contributed by atoms with Crippen LogP contribution in [0.25, 0.3) is 0 Å². The van der Waals surface area contributed by atoms with Crippen LogP contribution in [-0.4, -0.2) is 47.0 Å². The van der Waals surface area contributed by atoms with E-state index in [-0.39, 0.29) is 24.0 Å². The first-order valence-electron chi connectivity index (χ1n) is 8.98. The van der Waals surface area contributed by atoms with Gasteiger partial charge in [0.25, 0.3) is 0 Å². The van der Waals surface area contributed by atoms with Crippen molar-refractivity contribution in [2.24, 2.45) is 11.8 Å². The molecule has 23 heavy (non-hydrogen) atoms. The monoisotopic (exact) mass is 328 g/mol. The lowest BCUT2D eigenvalue weighted by Crippen LogP contribution is -2.34. The minimum absolute atomic E-state index is 0.0444. The fourth-order valence-electron chi connectivity index (χ4n) is 3.64. The van der Waals surface area contributed by atoms with Crippen LogP contribution in [0.2, 0.25) is 0 Å². The van der Waals surface area contributed by atoms with Crippen molar-refractivity contribution in [2.75, 3.05) is 19.8 Å². The number of carbonyl (C=O) groups is 1. The summed E-state index contributed by atoms with van der Waals surface area (Å²) in [5.41, 5.74) is 0.289. The fraction of sp³-hybridized carbons (Fsp3) is 0.944. The molecule has 1 amide bonds. The first-order chi connectivity index (χ1) is 10.7. The molecule has 2 saturated heterocycles. The van der Waals surface area contributed by atoms with Crippen LogP contribution in [0.4, 0.5) is 0 Å². The number of aliphatic hydroxyl groups is 2. The lowest BCUT2D eigenvalue weighted by Gasteiger charge is -2.17. The number of nitrogens with one attached hydrogen (secondary N) is 2. The maximum absolute atomic E-state index is 11.3. The van der Waals surface area contributed by atoms with Crippen molar-refractivity contribution in [2.45, 2.75) is 77.3 Å². The van der Waals surface area contributed by atoms with Crippen LogP contribution >= 0.6 is 0 Å². The van der Waals surface area contributed by atoms with Crippen LogP contribution in [0, 0.1) is 11.8 Å². The van der Waals surface area contributed by atoms with E-state index in [9.17, 15) is 4.79 Å². The number of rotatable bonds is 6. The van der Waals surface area contributed by atoms with Gasteiger partial charge in [0.15, 0.2) is 0 Å². The largest absolute Gasteiger partial charge is 0.396 e. The van der Waals surface area contributed by atoms with Crippen molar-refractivity contribution in [3.05, 3.63) is 0 Å². The van der Waals surface area contributed by atoms with E-state index < -0.39 is 0 Å². The van der Waals surface area contributed by atoms with Crippen LogP contribution in [0.1, 0.15) is 66.2 Å². The summed E-state index contributed by atoms with van der Waals surface area (Å²) in [4.78, 5) is 11.3. The smallest absolute Gasteiger partial charge is 0.223 e. The van der Waals surface area contributed by atoms with E-state index in [0.717, 1.165) is 38.1 Å². The number of carbonyl (C=O) groups excluding carboxylic acids is 1. The average Bonchev–Trinajstić information content (AvgIpc) is 2.93. The Kier molecular flexibility index (Phi) is 7.98. The van der Waals surface area contributed by atoms with Crippen LogP contribution in [-0.2, 0) is 4.79 Å². The summed E-state index contributed by atoms with van der Waals surface area (Å²) in [6.45, 7) is 10.2. The molecule has 136 valence electrons. The Morgan fingerprint density at radius 2 is 1.61 bits per heavy atom. The Hall–Kier alpha value is -0.650. The Morgan fingerprint density at radius 3 is 2.04 bits per heavy atom. The second-order valence-corrected chi connectivity index (χ2v) is 8.34. The molecule has 5 nitrogen and oxygen atoms in total. The zero-order valence-electron chi connectivity index (χ0n) is 15.3. The highest BCUT2D eigenvalue weighted by molar-refractivity contribution is 5.81. The van der Waals surface area contributed by atoms with Gasteiger partial charge in [-0.1, -0.05) is 0 Å².